The van der Waals surface area contributed by atoms with Gasteiger partial charge in [-0.15, -0.1) is 10.2 Å². The molecule has 6 aromatic rings. The molecule has 0 aliphatic carbocycles. The fourth-order valence-corrected chi connectivity index (χ4v) is 12.5. The first-order valence-electron chi connectivity index (χ1n) is 25.9. The molecule has 21 heteroatoms. The first kappa shape index (κ1) is 51.0. The van der Waals surface area contributed by atoms with Gasteiger partial charge in [0.2, 0.25) is 23.6 Å². The van der Waals surface area contributed by atoms with E-state index in [0.717, 1.165) is 44.3 Å². The number of carbonyl (C=O) groups is 4. The fourth-order valence-electron chi connectivity index (χ4n) is 12.5. The molecule has 4 amide bonds. The van der Waals surface area contributed by atoms with Gasteiger partial charge in [0.1, 0.15) is 23.5 Å². The Labute approximate surface area is 430 Å². The van der Waals surface area contributed by atoms with Gasteiger partial charge >= 0.3 is 0 Å². The average molecular weight is 1010 g/mol. The second-order valence-electron chi connectivity index (χ2n) is 23.6. The predicted molar refractivity (Wildman–Crippen MR) is 274 cm³/mol. The molecule has 0 unspecified atom stereocenters. The standard InChI is InChI=1S/C53H71N15O6/c1-50(2)21-33(22-51(3,4)67(50)73)65-28-31(60-62-65)25-55-46(69)18-17-41(47(70)56-26-32-29-66(63-61-32)34-23-52(5,6)68(74)53(7,8)24-34)59-48(71)45-20-38-36-14-10-12-16-40(36)58-44(38)30-64(45)49(72)42-19-37-35-13-9-11-15-39(35)57-43(37)27-54-42/h9-16,28-29,33-34,41-42,45,54,57-58,73-74H,17-27,30H2,1-8H3,(H,55,69)(H,56,70)(H,59,71)/t41-,42+,45+/m1/s1. The van der Waals surface area contributed by atoms with Crippen LogP contribution in [-0.4, -0.2) is 129 Å². The molecule has 0 bridgehead atoms. The van der Waals surface area contributed by atoms with E-state index in [0.29, 0.717) is 50.0 Å². The molecule has 394 valence electrons. The molecule has 2 saturated heterocycles. The minimum atomic E-state index is -1.17. The lowest BCUT2D eigenvalue weighted by Gasteiger charge is -2.51. The number of benzene rings is 2. The molecule has 8 N–H and O–H groups in total. The van der Waals surface area contributed by atoms with Crippen molar-refractivity contribution < 1.29 is 29.6 Å². The van der Waals surface area contributed by atoms with Gasteiger partial charge in [-0.2, -0.15) is 10.1 Å². The summed E-state index contributed by atoms with van der Waals surface area (Å²) in [5.41, 5.74) is 4.83. The number of nitrogens with one attached hydrogen (secondary N) is 6. The normalized spacial score (nSPS) is 22.3. The summed E-state index contributed by atoms with van der Waals surface area (Å²) < 4.78 is 3.58. The molecule has 2 fully saturated rings. The van der Waals surface area contributed by atoms with E-state index < -0.39 is 52.1 Å². The highest BCUT2D eigenvalue weighted by Crippen LogP contribution is 2.43. The molecule has 4 aliphatic rings. The number of fused-ring (bicyclic) bond motifs is 6. The van der Waals surface area contributed by atoms with Gasteiger partial charge in [-0.05, 0) is 117 Å². The van der Waals surface area contributed by atoms with Gasteiger partial charge in [-0.25, -0.2) is 9.36 Å². The Bertz CT molecular complexity index is 3060. The third-order valence-corrected chi connectivity index (χ3v) is 16.0. The smallest absolute Gasteiger partial charge is 0.243 e. The monoisotopic (exact) mass is 1010 g/mol. The van der Waals surface area contributed by atoms with Crippen LogP contribution in [0.1, 0.15) is 140 Å². The van der Waals surface area contributed by atoms with Crippen LogP contribution in [0.2, 0.25) is 0 Å². The van der Waals surface area contributed by atoms with E-state index in [4.69, 9.17) is 0 Å². The Morgan fingerprint density at radius 3 is 1.74 bits per heavy atom. The highest BCUT2D eigenvalue weighted by atomic mass is 16.5. The van der Waals surface area contributed by atoms with Crippen molar-refractivity contribution in [1.82, 2.24) is 76.2 Å². The largest absolute Gasteiger partial charge is 0.357 e. The lowest BCUT2D eigenvalue weighted by Crippen LogP contribution is -2.60. The van der Waals surface area contributed by atoms with Crippen LogP contribution in [0.3, 0.4) is 0 Å². The minimum absolute atomic E-state index is 0.000296. The van der Waals surface area contributed by atoms with Gasteiger partial charge < -0.3 is 41.2 Å². The first-order chi connectivity index (χ1) is 35.1. The number of para-hydroxylation sites is 2. The van der Waals surface area contributed by atoms with Crippen molar-refractivity contribution in [1.29, 1.82) is 0 Å². The SMILES string of the molecule is CC1(C)CC(n2cc(CNC(=O)CC[C@@H](NC(=O)[C@@H]3Cc4c([nH]c5ccccc45)CN3C(=O)[C@@H]3Cc4c([nH]c5ccccc45)CN3)C(=O)NCc3cn(C4CC(C)(C)N(O)C(C)(C)C4)nn3)nn2)CC(C)(C)N1O. The molecule has 8 heterocycles. The van der Waals surface area contributed by atoms with Gasteiger partial charge in [-0.1, -0.05) is 46.8 Å². The van der Waals surface area contributed by atoms with Crippen LogP contribution in [0.25, 0.3) is 21.8 Å². The number of hydroxylamine groups is 4. The number of H-pyrrole nitrogens is 2. The molecule has 3 atom stereocenters. The van der Waals surface area contributed by atoms with Crippen LogP contribution >= 0.6 is 0 Å². The van der Waals surface area contributed by atoms with E-state index in [1.807, 2.05) is 104 Å². The number of amides is 4. The zero-order valence-corrected chi connectivity index (χ0v) is 43.7. The van der Waals surface area contributed by atoms with Gasteiger partial charge in [0.25, 0.3) is 0 Å². The Morgan fingerprint density at radius 1 is 0.689 bits per heavy atom. The summed E-state index contributed by atoms with van der Waals surface area (Å²) >= 11 is 0. The van der Waals surface area contributed by atoms with E-state index in [9.17, 15) is 29.6 Å². The molecule has 4 aromatic heterocycles. The molecule has 10 rings (SSSR count). The number of nitrogens with zero attached hydrogens (tertiary/aromatic N) is 9. The summed E-state index contributed by atoms with van der Waals surface area (Å²) in [7, 11) is 0. The number of rotatable bonds is 13. The second-order valence-corrected chi connectivity index (χ2v) is 23.6. The third kappa shape index (κ3) is 9.94. The van der Waals surface area contributed by atoms with Crippen LogP contribution in [0.4, 0.5) is 0 Å². The lowest BCUT2D eigenvalue weighted by atomic mass is 9.79. The van der Waals surface area contributed by atoms with E-state index in [1.165, 1.54) is 10.1 Å². The van der Waals surface area contributed by atoms with E-state index in [-0.39, 0.29) is 62.8 Å². The van der Waals surface area contributed by atoms with Crippen LogP contribution in [0.15, 0.2) is 60.9 Å². The summed E-state index contributed by atoms with van der Waals surface area (Å²) in [6.45, 7) is 16.6. The lowest BCUT2D eigenvalue weighted by molar-refractivity contribution is -0.249. The fraction of sp³-hybridized carbons (Fsp3) is 0.547. The van der Waals surface area contributed by atoms with Crippen molar-refractivity contribution in [2.75, 3.05) is 0 Å². The van der Waals surface area contributed by atoms with E-state index in [1.54, 1.807) is 20.5 Å². The van der Waals surface area contributed by atoms with E-state index >= 15 is 0 Å². The van der Waals surface area contributed by atoms with Gasteiger partial charge in [0.05, 0.1) is 50.2 Å². The summed E-state index contributed by atoms with van der Waals surface area (Å²) in [5, 5.41) is 56.4. The van der Waals surface area contributed by atoms with Crippen LogP contribution in [0.5, 0.6) is 0 Å². The Hall–Kier alpha value is -6.52. The Balaban J connectivity index is 0.865. The molecular weight excluding hydrogens is 943 g/mol. The second kappa shape index (κ2) is 19.3. The average Bonchev–Trinajstić information content (AvgIpc) is 4.19. The molecule has 4 aliphatic heterocycles. The van der Waals surface area contributed by atoms with Crippen LogP contribution in [0, 0.1) is 0 Å². The van der Waals surface area contributed by atoms with Crippen molar-refractivity contribution in [3.8, 4) is 0 Å². The number of aromatic amines is 2. The highest BCUT2D eigenvalue weighted by molar-refractivity contribution is 5.96. The molecule has 0 spiro atoms. The number of hydrogen-bond donors (Lipinski definition) is 8. The molecule has 0 radical (unpaired) electrons. The quantitative estimate of drug-likeness (QED) is 0.0770. The van der Waals surface area contributed by atoms with Crippen LogP contribution < -0.4 is 21.3 Å². The highest BCUT2D eigenvalue weighted by Gasteiger charge is 2.48. The van der Waals surface area contributed by atoms with Crippen molar-refractivity contribution in [2.45, 2.75) is 185 Å². The maximum atomic E-state index is 15.0. The Morgan fingerprint density at radius 2 is 1.19 bits per heavy atom. The molecule has 2 aromatic carbocycles. The van der Waals surface area contributed by atoms with Crippen molar-refractivity contribution >= 4 is 45.4 Å². The predicted octanol–water partition coefficient (Wildman–Crippen LogP) is 4.86. The molecule has 74 heavy (non-hydrogen) atoms. The molecule has 21 nitrogen and oxygen atoms in total. The van der Waals surface area contributed by atoms with Gasteiger partial charge in [0.15, 0.2) is 0 Å². The zero-order valence-electron chi connectivity index (χ0n) is 43.7. The summed E-state index contributed by atoms with van der Waals surface area (Å²) in [4.78, 5) is 66.5. The number of piperidine rings is 2. The zero-order chi connectivity index (χ0) is 52.5. The maximum Gasteiger partial charge on any atom is 0.243 e. The minimum Gasteiger partial charge on any atom is -0.357 e. The molecular formula is C53H71N15O6. The number of aromatic nitrogens is 8. The topological polar surface area (TPSA) is 260 Å². The van der Waals surface area contributed by atoms with Crippen molar-refractivity contribution in [3.05, 3.63) is 94.8 Å². The maximum absolute atomic E-state index is 15.0. The summed E-state index contributed by atoms with van der Waals surface area (Å²) in [5.74, 6) is -1.63. The van der Waals surface area contributed by atoms with Crippen LogP contribution in [-0.2, 0) is 58.2 Å². The van der Waals surface area contributed by atoms with Crippen molar-refractivity contribution in [2.24, 2.45) is 0 Å². The third-order valence-electron chi connectivity index (χ3n) is 16.0. The van der Waals surface area contributed by atoms with Crippen molar-refractivity contribution in [3.63, 3.8) is 0 Å². The number of carbonyl (C=O) groups excluding carboxylic acids is 4. The Kier molecular flexibility index (Phi) is 13.3. The van der Waals surface area contributed by atoms with Gasteiger partial charge in [0, 0.05) is 74.7 Å². The number of hydrogen-bond acceptors (Lipinski definition) is 13. The van der Waals surface area contributed by atoms with Gasteiger partial charge in [-0.3, -0.25) is 24.5 Å². The van der Waals surface area contributed by atoms with E-state index in [2.05, 4.69) is 57.9 Å². The first-order valence-corrected chi connectivity index (χ1v) is 25.9. The summed E-state index contributed by atoms with van der Waals surface area (Å²) in [6, 6.07) is 13.1. The summed E-state index contributed by atoms with van der Waals surface area (Å²) in [6.07, 6.45) is 6.62. The molecule has 0 saturated carbocycles.